The van der Waals surface area contributed by atoms with Crippen molar-refractivity contribution in [2.24, 2.45) is 0 Å². The summed E-state index contributed by atoms with van der Waals surface area (Å²) in [5, 5.41) is 17.3. The highest BCUT2D eigenvalue weighted by Gasteiger charge is 2.08. The number of methoxy groups -OCH3 is 2. The molecule has 5 heteroatoms. The molecule has 0 fully saturated rings. The average Bonchev–Trinajstić information content (AvgIpc) is 2.35. The minimum Gasteiger partial charge on any atom is -0.493 e. The molecule has 0 atom stereocenters. The average molecular weight is 233 g/mol. The number of carboxylic acids is 1. The number of nitrogens with zero attached hydrogens (tertiary/aromatic N) is 1. The van der Waals surface area contributed by atoms with E-state index < -0.39 is 5.97 Å². The normalized spacial score (nSPS) is 10.5. The molecule has 0 radical (unpaired) electrons. The van der Waals surface area contributed by atoms with Gasteiger partial charge < -0.3 is 14.6 Å². The first-order valence-electron chi connectivity index (χ1n) is 4.69. The van der Waals surface area contributed by atoms with E-state index in [-0.39, 0.29) is 5.57 Å². The summed E-state index contributed by atoms with van der Waals surface area (Å²) in [4.78, 5) is 10.7. The molecule has 0 aliphatic heterocycles. The van der Waals surface area contributed by atoms with Crippen LogP contribution in [0.25, 0.3) is 6.08 Å². The second kappa shape index (κ2) is 5.56. The van der Waals surface area contributed by atoms with Crippen LogP contribution in [0.5, 0.6) is 11.5 Å². The Kier molecular flexibility index (Phi) is 4.12. The highest BCUT2D eigenvalue weighted by Crippen LogP contribution is 2.28. The molecule has 0 aliphatic rings. The topological polar surface area (TPSA) is 79.5 Å². The minimum absolute atomic E-state index is 0.336. The number of hydrogen-bond acceptors (Lipinski definition) is 4. The maximum atomic E-state index is 10.7. The Labute approximate surface area is 98.5 Å². The standard InChI is InChI=1S/C12H11NO4/c1-16-10-4-3-8(6-11(10)17-2)5-9(7-13)12(14)15/h3-6H,1-2H3,(H,14,15)/b9-5+. The van der Waals surface area contributed by atoms with E-state index in [1.165, 1.54) is 20.3 Å². The van der Waals surface area contributed by atoms with Crippen molar-refractivity contribution >= 4 is 12.0 Å². The number of benzene rings is 1. The van der Waals surface area contributed by atoms with E-state index in [1.807, 2.05) is 0 Å². The van der Waals surface area contributed by atoms with Gasteiger partial charge in [-0.1, -0.05) is 6.07 Å². The van der Waals surface area contributed by atoms with Crippen LogP contribution >= 0.6 is 0 Å². The number of carboxylic acid groups (broad SMARTS) is 1. The fraction of sp³-hybridized carbons (Fsp3) is 0.167. The largest absolute Gasteiger partial charge is 0.493 e. The van der Waals surface area contributed by atoms with E-state index >= 15 is 0 Å². The number of carbonyl (C=O) groups is 1. The molecule has 0 aromatic heterocycles. The van der Waals surface area contributed by atoms with Crippen LogP contribution in [0, 0.1) is 11.3 Å². The van der Waals surface area contributed by atoms with Crippen molar-refractivity contribution in [3.8, 4) is 17.6 Å². The van der Waals surface area contributed by atoms with Crippen LogP contribution in [0.15, 0.2) is 23.8 Å². The molecular formula is C12H11NO4. The van der Waals surface area contributed by atoms with E-state index in [9.17, 15) is 4.79 Å². The second-order valence-electron chi connectivity index (χ2n) is 3.09. The maximum Gasteiger partial charge on any atom is 0.346 e. The molecular weight excluding hydrogens is 222 g/mol. The predicted octanol–water partition coefficient (Wildman–Crippen LogP) is 1.70. The molecule has 1 aromatic carbocycles. The summed E-state index contributed by atoms with van der Waals surface area (Å²) in [6, 6.07) is 6.48. The van der Waals surface area contributed by atoms with Crippen molar-refractivity contribution in [2.75, 3.05) is 14.2 Å². The minimum atomic E-state index is -1.26. The van der Waals surface area contributed by atoms with E-state index in [0.29, 0.717) is 17.1 Å². The third-order valence-corrected chi connectivity index (χ3v) is 2.07. The van der Waals surface area contributed by atoms with Crippen LogP contribution in [-0.2, 0) is 4.79 Å². The fourth-order valence-corrected chi connectivity index (χ4v) is 1.25. The Morgan fingerprint density at radius 1 is 1.35 bits per heavy atom. The maximum absolute atomic E-state index is 10.7. The molecule has 0 unspecified atom stereocenters. The summed E-state index contributed by atoms with van der Waals surface area (Å²) >= 11 is 0. The number of aliphatic carboxylic acids is 1. The molecule has 1 rings (SSSR count). The van der Waals surface area contributed by atoms with E-state index in [2.05, 4.69) is 0 Å². The van der Waals surface area contributed by atoms with Gasteiger partial charge in [-0.3, -0.25) is 0 Å². The summed E-state index contributed by atoms with van der Waals surface area (Å²) in [6.07, 6.45) is 1.27. The first-order chi connectivity index (χ1) is 8.12. The third-order valence-electron chi connectivity index (χ3n) is 2.07. The van der Waals surface area contributed by atoms with Gasteiger partial charge in [-0.25, -0.2) is 4.79 Å². The van der Waals surface area contributed by atoms with Crippen LogP contribution in [0.1, 0.15) is 5.56 Å². The van der Waals surface area contributed by atoms with Crippen LogP contribution < -0.4 is 9.47 Å². The molecule has 17 heavy (non-hydrogen) atoms. The smallest absolute Gasteiger partial charge is 0.346 e. The monoisotopic (exact) mass is 233 g/mol. The van der Waals surface area contributed by atoms with Gasteiger partial charge in [0.05, 0.1) is 14.2 Å². The van der Waals surface area contributed by atoms with Crippen LogP contribution in [0.2, 0.25) is 0 Å². The number of nitriles is 1. The van der Waals surface area contributed by atoms with E-state index in [1.54, 1.807) is 24.3 Å². The van der Waals surface area contributed by atoms with Gasteiger partial charge >= 0.3 is 5.97 Å². The lowest BCUT2D eigenvalue weighted by molar-refractivity contribution is -0.132. The third kappa shape index (κ3) is 2.98. The number of rotatable bonds is 4. The summed E-state index contributed by atoms with van der Waals surface area (Å²) in [6.45, 7) is 0. The lowest BCUT2D eigenvalue weighted by Gasteiger charge is -2.07. The van der Waals surface area contributed by atoms with Crippen molar-refractivity contribution in [2.45, 2.75) is 0 Å². The molecule has 0 saturated heterocycles. The Morgan fingerprint density at radius 2 is 2.00 bits per heavy atom. The van der Waals surface area contributed by atoms with E-state index in [4.69, 9.17) is 19.8 Å². The van der Waals surface area contributed by atoms with Gasteiger partial charge in [-0.2, -0.15) is 5.26 Å². The van der Waals surface area contributed by atoms with Gasteiger partial charge in [0.25, 0.3) is 0 Å². The molecule has 0 amide bonds. The van der Waals surface area contributed by atoms with Crippen LogP contribution in [0.4, 0.5) is 0 Å². The first-order valence-corrected chi connectivity index (χ1v) is 4.69. The molecule has 1 aromatic rings. The predicted molar refractivity (Wildman–Crippen MR) is 60.8 cm³/mol. The van der Waals surface area contributed by atoms with Crippen LogP contribution in [-0.4, -0.2) is 25.3 Å². The first kappa shape index (κ1) is 12.6. The second-order valence-corrected chi connectivity index (χ2v) is 3.09. The highest BCUT2D eigenvalue weighted by atomic mass is 16.5. The molecule has 1 N–H and O–H groups in total. The summed E-state index contributed by atoms with van der Waals surface area (Å²) in [5.41, 5.74) is 0.221. The van der Waals surface area contributed by atoms with Gasteiger partial charge in [-0.05, 0) is 23.8 Å². The molecule has 5 nitrogen and oxygen atoms in total. The number of hydrogen-bond donors (Lipinski definition) is 1. The molecule has 0 heterocycles. The summed E-state index contributed by atoms with van der Waals surface area (Å²) in [5.74, 6) is -0.246. The summed E-state index contributed by atoms with van der Waals surface area (Å²) in [7, 11) is 2.99. The van der Waals surface area contributed by atoms with Gasteiger partial charge in [-0.15, -0.1) is 0 Å². The molecule has 0 bridgehead atoms. The fourth-order valence-electron chi connectivity index (χ4n) is 1.25. The van der Waals surface area contributed by atoms with E-state index in [0.717, 1.165) is 0 Å². The van der Waals surface area contributed by atoms with Crippen LogP contribution in [0.3, 0.4) is 0 Å². The quantitative estimate of drug-likeness (QED) is 0.632. The van der Waals surface area contributed by atoms with Gasteiger partial charge in [0.1, 0.15) is 11.6 Å². The lowest BCUT2D eigenvalue weighted by Crippen LogP contribution is -1.97. The van der Waals surface area contributed by atoms with Crippen molar-refractivity contribution in [3.05, 3.63) is 29.3 Å². The zero-order valence-corrected chi connectivity index (χ0v) is 9.43. The Balaban J connectivity index is 3.17. The van der Waals surface area contributed by atoms with Crippen molar-refractivity contribution < 1.29 is 19.4 Å². The lowest BCUT2D eigenvalue weighted by atomic mass is 10.1. The molecule has 0 saturated carbocycles. The van der Waals surface area contributed by atoms with Gasteiger partial charge in [0.2, 0.25) is 0 Å². The number of ether oxygens (including phenoxy) is 2. The Hall–Kier alpha value is -2.48. The highest BCUT2D eigenvalue weighted by molar-refractivity contribution is 5.96. The molecule has 0 spiro atoms. The Morgan fingerprint density at radius 3 is 2.47 bits per heavy atom. The van der Waals surface area contributed by atoms with Gasteiger partial charge in [0, 0.05) is 0 Å². The van der Waals surface area contributed by atoms with Crippen molar-refractivity contribution in [1.82, 2.24) is 0 Å². The zero-order chi connectivity index (χ0) is 12.8. The van der Waals surface area contributed by atoms with Crippen molar-refractivity contribution in [1.29, 1.82) is 5.26 Å². The summed E-state index contributed by atoms with van der Waals surface area (Å²) < 4.78 is 10.1. The van der Waals surface area contributed by atoms with Gasteiger partial charge in [0.15, 0.2) is 11.5 Å². The Bertz CT molecular complexity index is 500. The molecule has 0 aliphatic carbocycles. The van der Waals surface area contributed by atoms with Crippen molar-refractivity contribution in [3.63, 3.8) is 0 Å². The molecule has 88 valence electrons. The zero-order valence-electron chi connectivity index (χ0n) is 9.43. The SMILES string of the molecule is COc1ccc(/C=C(\C#N)C(=O)O)cc1OC.